The minimum Gasteiger partial charge on any atom is -0.493 e. The van der Waals surface area contributed by atoms with Crippen LogP contribution in [-0.4, -0.2) is 35.4 Å². The number of ether oxygens (including phenoxy) is 1. The molecular weight excluding hydrogens is 246 g/mol. The highest BCUT2D eigenvalue weighted by atomic mass is 32.2. The summed E-state index contributed by atoms with van der Waals surface area (Å²) >= 11 is 0. The fourth-order valence-electron chi connectivity index (χ4n) is 2.19. The molecule has 1 aromatic rings. The summed E-state index contributed by atoms with van der Waals surface area (Å²) < 4.78 is 16.7. The molecule has 4 heteroatoms. The van der Waals surface area contributed by atoms with E-state index in [0.29, 0.717) is 12.0 Å². The monoisotopic (exact) mass is 267 g/mol. The molecule has 0 bridgehead atoms. The SMILES string of the molecule is CC(CCS(C)=O)NCC1COc2ccccc21. The minimum absolute atomic E-state index is 0.404. The van der Waals surface area contributed by atoms with Crippen LogP contribution in [0.15, 0.2) is 24.3 Å². The van der Waals surface area contributed by atoms with Gasteiger partial charge in [0.25, 0.3) is 0 Å². The van der Waals surface area contributed by atoms with Crippen LogP contribution < -0.4 is 10.1 Å². The Labute approximate surface area is 111 Å². The summed E-state index contributed by atoms with van der Waals surface area (Å²) in [6.07, 6.45) is 2.71. The van der Waals surface area contributed by atoms with Crippen LogP contribution in [0.3, 0.4) is 0 Å². The lowest BCUT2D eigenvalue weighted by atomic mass is 10.0. The summed E-state index contributed by atoms with van der Waals surface area (Å²) in [6, 6.07) is 8.64. The van der Waals surface area contributed by atoms with E-state index in [9.17, 15) is 4.21 Å². The van der Waals surface area contributed by atoms with E-state index in [1.165, 1.54) is 5.56 Å². The van der Waals surface area contributed by atoms with Crippen molar-refractivity contribution in [3.8, 4) is 5.75 Å². The smallest absolute Gasteiger partial charge is 0.122 e. The van der Waals surface area contributed by atoms with Crippen molar-refractivity contribution in [3.05, 3.63) is 29.8 Å². The molecule has 1 aliphatic rings. The van der Waals surface area contributed by atoms with Crippen molar-refractivity contribution in [1.82, 2.24) is 5.32 Å². The molecule has 1 N–H and O–H groups in total. The van der Waals surface area contributed by atoms with Gasteiger partial charge in [-0.15, -0.1) is 0 Å². The van der Waals surface area contributed by atoms with Crippen LogP contribution in [0.2, 0.25) is 0 Å². The molecule has 18 heavy (non-hydrogen) atoms. The van der Waals surface area contributed by atoms with Gasteiger partial charge in [0.1, 0.15) is 5.75 Å². The molecular formula is C14H21NO2S. The zero-order valence-corrected chi connectivity index (χ0v) is 11.8. The molecule has 3 nitrogen and oxygen atoms in total. The summed E-state index contributed by atoms with van der Waals surface area (Å²) in [7, 11) is -0.693. The maximum atomic E-state index is 11.0. The Morgan fingerprint density at radius 1 is 1.50 bits per heavy atom. The fraction of sp³-hybridized carbons (Fsp3) is 0.571. The molecule has 0 saturated carbocycles. The summed E-state index contributed by atoms with van der Waals surface area (Å²) in [5.41, 5.74) is 1.30. The standard InChI is InChI=1S/C14H21NO2S/c1-11(7-8-18(2)16)15-9-12-10-17-14-6-4-3-5-13(12)14/h3-6,11-12,15H,7-10H2,1-2H3. The number of nitrogens with one attached hydrogen (secondary N) is 1. The number of rotatable bonds is 6. The largest absolute Gasteiger partial charge is 0.493 e. The molecule has 2 rings (SSSR count). The van der Waals surface area contributed by atoms with Crippen molar-refractivity contribution in [2.45, 2.75) is 25.3 Å². The first-order valence-electron chi connectivity index (χ1n) is 6.42. The minimum atomic E-state index is -0.693. The second-order valence-electron chi connectivity index (χ2n) is 4.92. The lowest BCUT2D eigenvalue weighted by Crippen LogP contribution is -2.32. The zero-order valence-electron chi connectivity index (χ0n) is 11.0. The van der Waals surface area contributed by atoms with Crippen LogP contribution in [0.4, 0.5) is 0 Å². The number of fused-ring (bicyclic) bond motifs is 1. The molecule has 0 aromatic heterocycles. The van der Waals surface area contributed by atoms with Gasteiger partial charge in [0.05, 0.1) is 6.61 Å². The number of benzene rings is 1. The first-order valence-corrected chi connectivity index (χ1v) is 8.14. The first kappa shape index (κ1) is 13.6. The van der Waals surface area contributed by atoms with Gasteiger partial charge >= 0.3 is 0 Å². The van der Waals surface area contributed by atoms with E-state index in [1.807, 2.05) is 12.1 Å². The topological polar surface area (TPSA) is 38.3 Å². The van der Waals surface area contributed by atoms with Gasteiger partial charge in [-0.2, -0.15) is 0 Å². The van der Waals surface area contributed by atoms with Crippen LogP contribution in [0, 0.1) is 0 Å². The normalized spacial score (nSPS) is 21.1. The van der Waals surface area contributed by atoms with Gasteiger partial charge in [-0.3, -0.25) is 4.21 Å². The molecule has 0 fully saturated rings. The highest BCUT2D eigenvalue weighted by Gasteiger charge is 2.23. The molecule has 0 saturated heterocycles. The lowest BCUT2D eigenvalue weighted by Gasteiger charge is -2.16. The third-order valence-electron chi connectivity index (χ3n) is 3.35. The van der Waals surface area contributed by atoms with Crippen LogP contribution in [0.25, 0.3) is 0 Å². The van der Waals surface area contributed by atoms with E-state index in [2.05, 4.69) is 24.4 Å². The average molecular weight is 267 g/mol. The summed E-state index contributed by atoms with van der Waals surface area (Å²) in [5.74, 6) is 2.23. The van der Waals surface area contributed by atoms with Gasteiger partial charge in [-0.05, 0) is 19.4 Å². The highest BCUT2D eigenvalue weighted by molar-refractivity contribution is 7.84. The molecule has 1 aliphatic heterocycles. The second kappa shape index (κ2) is 6.34. The third kappa shape index (κ3) is 3.56. The van der Waals surface area contributed by atoms with Gasteiger partial charge in [0, 0.05) is 46.9 Å². The maximum absolute atomic E-state index is 11.0. The molecule has 0 radical (unpaired) electrons. The Bertz CT molecular complexity index is 422. The summed E-state index contributed by atoms with van der Waals surface area (Å²) in [5, 5.41) is 3.51. The molecule has 3 unspecified atom stereocenters. The van der Waals surface area contributed by atoms with Crippen LogP contribution in [-0.2, 0) is 10.8 Å². The van der Waals surface area contributed by atoms with Gasteiger partial charge in [-0.25, -0.2) is 0 Å². The van der Waals surface area contributed by atoms with Crippen LogP contribution >= 0.6 is 0 Å². The Balaban J connectivity index is 1.80. The van der Waals surface area contributed by atoms with Gasteiger partial charge in [0.15, 0.2) is 0 Å². The molecule has 3 atom stereocenters. The predicted molar refractivity (Wildman–Crippen MR) is 75.7 cm³/mol. The van der Waals surface area contributed by atoms with E-state index in [0.717, 1.165) is 31.1 Å². The Kier molecular flexibility index (Phi) is 4.78. The zero-order chi connectivity index (χ0) is 13.0. The number of hydrogen-bond donors (Lipinski definition) is 1. The number of para-hydroxylation sites is 1. The van der Waals surface area contributed by atoms with E-state index >= 15 is 0 Å². The Morgan fingerprint density at radius 3 is 3.06 bits per heavy atom. The highest BCUT2D eigenvalue weighted by Crippen LogP contribution is 2.32. The number of hydrogen-bond acceptors (Lipinski definition) is 3. The van der Waals surface area contributed by atoms with E-state index in [4.69, 9.17) is 4.74 Å². The van der Waals surface area contributed by atoms with Crippen molar-refractivity contribution in [1.29, 1.82) is 0 Å². The van der Waals surface area contributed by atoms with Crippen molar-refractivity contribution in [2.24, 2.45) is 0 Å². The molecule has 100 valence electrons. The van der Waals surface area contributed by atoms with Gasteiger partial charge in [0.2, 0.25) is 0 Å². The van der Waals surface area contributed by atoms with E-state index < -0.39 is 10.8 Å². The Morgan fingerprint density at radius 2 is 2.28 bits per heavy atom. The second-order valence-corrected chi connectivity index (χ2v) is 6.48. The molecule has 0 amide bonds. The van der Waals surface area contributed by atoms with Crippen LogP contribution in [0.1, 0.15) is 24.8 Å². The molecule has 0 aliphatic carbocycles. The van der Waals surface area contributed by atoms with E-state index in [-0.39, 0.29) is 0 Å². The Hall–Kier alpha value is -0.870. The first-order chi connectivity index (χ1) is 8.66. The van der Waals surface area contributed by atoms with Crippen molar-refractivity contribution in [3.63, 3.8) is 0 Å². The third-order valence-corrected chi connectivity index (χ3v) is 4.16. The van der Waals surface area contributed by atoms with Crippen molar-refractivity contribution >= 4 is 10.8 Å². The quantitative estimate of drug-likeness (QED) is 0.855. The van der Waals surface area contributed by atoms with Crippen molar-refractivity contribution < 1.29 is 8.95 Å². The maximum Gasteiger partial charge on any atom is 0.122 e. The predicted octanol–water partition coefficient (Wildman–Crippen LogP) is 1.91. The fourth-order valence-corrected chi connectivity index (χ4v) is 2.87. The van der Waals surface area contributed by atoms with Gasteiger partial charge < -0.3 is 10.1 Å². The molecule has 0 spiro atoms. The summed E-state index contributed by atoms with van der Waals surface area (Å²) in [6.45, 7) is 3.84. The lowest BCUT2D eigenvalue weighted by molar-refractivity contribution is 0.322. The van der Waals surface area contributed by atoms with Crippen molar-refractivity contribution in [2.75, 3.05) is 25.2 Å². The molecule has 1 heterocycles. The van der Waals surface area contributed by atoms with E-state index in [1.54, 1.807) is 6.26 Å². The van der Waals surface area contributed by atoms with Gasteiger partial charge in [-0.1, -0.05) is 18.2 Å². The molecule has 1 aromatic carbocycles. The summed E-state index contributed by atoms with van der Waals surface area (Å²) in [4.78, 5) is 0. The van der Waals surface area contributed by atoms with Crippen LogP contribution in [0.5, 0.6) is 5.75 Å². The average Bonchev–Trinajstić information content (AvgIpc) is 2.77.